The molecule has 18 heavy (non-hydrogen) atoms. The quantitative estimate of drug-likeness (QED) is 0.942. The molecule has 0 saturated carbocycles. The third-order valence-electron chi connectivity index (χ3n) is 2.15. The number of hydrogen-bond acceptors (Lipinski definition) is 3. The van der Waals surface area contributed by atoms with E-state index in [1.165, 1.54) is 6.92 Å². The first-order chi connectivity index (χ1) is 8.66. The largest absolute Gasteiger partial charge is 0.454 e. The second-order valence-electron chi connectivity index (χ2n) is 3.59. The van der Waals surface area contributed by atoms with Crippen molar-refractivity contribution in [1.82, 2.24) is 4.98 Å². The summed E-state index contributed by atoms with van der Waals surface area (Å²) in [4.78, 5) is 15.1. The molecule has 0 fully saturated rings. The van der Waals surface area contributed by atoms with E-state index in [1.807, 2.05) is 12.1 Å². The summed E-state index contributed by atoms with van der Waals surface area (Å²) >= 11 is 3.35. The molecule has 0 aliphatic heterocycles. The maximum atomic E-state index is 11.1. The fourth-order valence-corrected chi connectivity index (χ4v) is 1.74. The Bertz CT molecular complexity index is 572. The SMILES string of the molecule is CC(=O)Nc1ccccc1Oc1ccncc1Br. The number of pyridine rings is 1. The summed E-state index contributed by atoms with van der Waals surface area (Å²) in [5, 5.41) is 2.72. The molecule has 0 spiro atoms. The lowest BCUT2D eigenvalue weighted by Gasteiger charge is -2.11. The average molecular weight is 307 g/mol. The van der Waals surface area contributed by atoms with Gasteiger partial charge in [0.1, 0.15) is 5.75 Å². The number of benzene rings is 1. The van der Waals surface area contributed by atoms with Gasteiger partial charge in [0.15, 0.2) is 5.75 Å². The Kier molecular flexibility index (Phi) is 3.94. The van der Waals surface area contributed by atoms with Gasteiger partial charge in [-0.3, -0.25) is 9.78 Å². The van der Waals surface area contributed by atoms with Crippen molar-refractivity contribution in [3.8, 4) is 11.5 Å². The summed E-state index contributed by atoms with van der Waals surface area (Å²) in [6, 6.07) is 8.99. The first-order valence-electron chi connectivity index (χ1n) is 5.31. The molecule has 2 rings (SSSR count). The van der Waals surface area contributed by atoms with E-state index in [0.29, 0.717) is 17.2 Å². The van der Waals surface area contributed by atoms with Gasteiger partial charge in [0, 0.05) is 25.4 Å². The zero-order chi connectivity index (χ0) is 13.0. The van der Waals surface area contributed by atoms with Crippen molar-refractivity contribution in [2.45, 2.75) is 6.92 Å². The molecule has 1 aromatic carbocycles. The molecule has 0 unspecified atom stereocenters. The van der Waals surface area contributed by atoms with Crippen molar-refractivity contribution < 1.29 is 9.53 Å². The smallest absolute Gasteiger partial charge is 0.221 e. The van der Waals surface area contributed by atoms with Crippen molar-refractivity contribution in [3.63, 3.8) is 0 Å². The number of carbonyl (C=O) groups excluding carboxylic acids is 1. The molecule has 1 aromatic heterocycles. The van der Waals surface area contributed by atoms with Crippen LogP contribution in [0.25, 0.3) is 0 Å². The number of para-hydroxylation sites is 2. The second kappa shape index (κ2) is 5.64. The predicted molar refractivity (Wildman–Crippen MR) is 72.8 cm³/mol. The molecule has 4 nitrogen and oxygen atoms in total. The molecule has 5 heteroatoms. The Morgan fingerprint density at radius 1 is 1.28 bits per heavy atom. The van der Waals surface area contributed by atoms with E-state index in [1.54, 1.807) is 30.6 Å². The molecule has 1 amide bonds. The molecule has 0 bridgehead atoms. The van der Waals surface area contributed by atoms with Crippen molar-refractivity contribution in [2.75, 3.05) is 5.32 Å². The van der Waals surface area contributed by atoms with Gasteiger partial charge < -0.3 is 10.1 Å². The van der Waals surface area contributed by atoms with Crippen LogP contribution >= 0.6 is 15.9 Å². The van der Waals surface area contributed by atoms with E-state index in [-0.39, 0.29) is 5.91 Å². The number of rotatable bonds is 3. The average Bonchev–Trinajstić information content (AvgIpc) is 2.34. The van der Waals surface area contributed by atoms with Crippen LogP contribution in [-0.4, -0.2) is 10.9 Å². The zero-order valence-corrected chi connectivity index (χ0v) is 11.3. The summed E-state index contributed by atoms with van der Waals surface area (Å²) in [6.45, 7) is 1.46. The Labute approximate surface area is 113 Å². The minimum absolute atomic E-state index is 0.139. The molecular weight excluding hydrogens is 296 g/mol. The topological polar surface area (TPSA) is 51.2 Å². The molecule has 1 N–H and O–H groups in total. The highest BCUT2D eigenvalue weighted by Gasteiger charge is 2.07. The van der Waals surface area contributed by atoms with Crippen LogP contribution in [0.15, 0.2) is 47.2 Å². The number of hydrogen-bond donors (Lipinski definition) is 1. The normalized spacial score (nSPS) is 9.89. The van der Waals surface area contributed by atoms with Gasteiger partial charge in [-0.05, 0) is 28.1 Å². The van der Waals surface area contributed by atoms with Gasteiger partial charge >= 0.3 is 0 Å². The second-order valence-corrected chi connectivity index (χ2v) is 4.44. The molecule has 0 aliphatic rings. The number of nitrogens with one attached hydrogen (secondary N) is 1. The first-order valence-corrected chi connectivity index (χ1v) is 6.10. The molecule has 1 heterocycles. The Morgan fingerprint density at radius 2 is 2.06 bits per heavy atom. The van der Waals surface area contributed by atoms with Crippen LogP contribution in [0.2, 0.25) is 0 Å². The summed E-state index contributed by atoms with van der Waals surface area (Å²) in [5.41, 5.74) is 0.633. The molecular formula is C13H11BrN2O2. The van der Waals surface area contributed by atoms with E-state index >= 15 is 0 Å². The number of halogens is 1. The molecule has 0 saturated heterocycles. The minimum atomic E-state index is -0.139. The fraction of sp³-hybridized carbons (Fsp3) is 0.0769. The maximum absolute atomic E-state index is 11.1. The highest BCUT2D eigenvalue weighted by atomic mass is 79.9. The van der Waals surface area contributed by atoms with Crippen LogP contribution in [0, 0.1) is 0 Å². The molecule has 0 radical (unpaired) electrons. The summed E-state index contributed by atoms with van der Waals surface area (Å²) in [7, 11) is 0. The van der Waals surface area contributed by atoms with Gasteiger partial charge in [0.2, 0.25) is 5.91 Å². The monoisotopic (exact) mass is 306 g/mol. The molecule has 2 aromatic rings. The van der Waals surface area contributed by atoms with Gasteiger partial charge in [-0.15, -0.1) is 0 Å². The van der Waals surface area contributed by atoms with Crippen LogP contribution in [-0.2, 0) is 4.79 Å². The lowest BCUT2D eigenvalue weighted by molar-refractivity contribution is -0.114. The Hall–Kier alpha value is -1.88. The highest BCUT2D eigenvalue weighted by Crippen LogP contribution is 2.32. The third kappa shape index (κ3) is 3.07. The molecule has 0 atom stereocenters. The number of anilines is 1. The van der Waals surface area contributed by atoms with E-state index in [4.69, 9.17) is 4.74 Å². The lowest BCUT2D eigenvalue weighted by atomic mass is 10.3. The zero-order valence-electron chi connectivity index (χ0n) is 9.68. The van der Waals surface area contributed by atoms with Crippen molar-refractivity contribution in [3.05, 3.63) is 47.2 Å². The van der Waals surface area contributed by atoms with Crippen LogP contribution in [0.4, 0.5) is 5.69 Å². The first kappa shape index (κ1) is 12.6. The summed E-state index contributed by atoms with van der Waals surface area (Å²) in [5.74, 6) is 1.09. The molecule has 0 aliphatic carbocycles. The number of carbonyl (C=O) groups is 1. The molecule has 92 valence electrons. The van der Waals surface area contributed by atoms with E-state index in [9.17, 15) is 4.79 Å². The number of ether oxygens (including phenoxy) is 1. The standard InChI is InChI=1S/C13H11BrN2O2/c1-9(17)16-11-4-2-3-5-13(11)18-12-6-7-15-8-10(12)14/h2-8H,1H3,(H,16,17). The van der Waals surface area contributed by atoms with Gasteiger partial charge in [-0.25, -0.2) is 0 Å². The highest BCUT2D eigenvalue weighted by molar-refractivity contribution is 9.10. The Morgan fingerprint density at radius 3 is 2.78 bits per heavy atom. The lowest BCUT2D eigenvalue weighted by Crippen LogP contribution is -2.06. The number of amides is 1. The predicted octanol–water partition coefficient (Wildman–Crippen LogP) is 3.59. The van der Waals surface area contributed by atoms with Crippen LogP contribution < -0.4 is 10.1 Å². The number of nitrogens with zero attached hydrogens (tertiary/aromatic N) is 1. The van der Waals surface area contributed by atoms with E-state index in [0.717, 1.165) is 4.47 Å². The van der Waals surface area contributed by atoms with Crippen molar-refractivity contribution >= 4 is 27.5 Å². The van der Waals surface area contributed by atoms with E-state index in [2.05, 4.69) is 26.2 Å². The summed E-state index contributed by atoms with van der Waals surface area (Å²) in [6.07, 6.45) is 3.29. The van der Waals surface area contributed by atoms with Gasteiger partial charge in [-0.2, -0.15) is 0 Å². The van der Waals surface area contributed by atoms with Crippen molar-refractivity contribution in [1.29, 1.82) is 0 Å². The van der Waals surface area contributed by atoms with Gasteiger partial charge in [-0.1, -0.05) is 12.1 Å². The van der Waals surface area contributed by atoms with E-state index < -0.39 is 0 Å². The fourth-order valence-electron chi connectivity index (χ4n) is 1.41. The summed E-state index contributed by atoms with van der Waals surface area (Å²) < 4.78 is 6.49. The van der Waals surface area contributed by atoms with Gasteiger partial charge in [0.25, 0.3) is 0 Å². The van der Waals surface area contributed by atoms with Crippen LogP contribution in [0.1, 0.15) is 6.92 Å². The van der Waals surface area contributed by atoms with Crippen molar-refractivity contribution in [2.24, 2.45) is 0 Å². The maximum Gasteiger partial charge on any atom is 0.221 e. The van der Waals surface area contributed by atoms with Crippen LogP contribution in [0.3, 0.4) is 0 Å². The third-order valence-corrected chi connectivity index (χ3v) is 2.75. The number of aromatic nitrogens is 1. The minimum Gasteiger partial charge on any atom is -0.454 e. The van der Waals surface area contributed by atoms with Crippen LogP contribution in [0.5, 0.6) is 11.5 Å². The Balaban J connectivity index is 2.29. The van der Waals surface area contributed by atoms with Gasteiger partial charge in [0.05, 0.1) is 10.2 Å².